The number of anilines is 1. The average molecular weight is 275 g/mol. The highest BCUT2D eigenvalue weighted by atomic mass is 32.2. The Kier molecular flexibility index (Phi) is 5.52. The van der Waals surface area contributed by atoms with Crippen LogP contribution in [0.5, 0.6) is 0 Å². The van der Waals surface area contributed by atoms with E-state index in [0.717, 1.165) is 19.0 Å². The highest BCUT2D eigenvalue weighted by molar-refractivity contribution is 7.89. The number of primary sulfonamides is 1. The lowest BCUT2D eigenvalue weighted by atomic mass is 10.3. The van der Waals surface area contributed by atoms with E-state index in [4.69, 9.17) is 5.14 Å². The largest absolute Gasteiger partial charge is 0.381 e. The molecule has 0 radical (unpaired) electrons. The minimum Gasteiger partial charge on any atom is -0.381 e. The summed E-state index contributed by atoms with van der Waals surface area (Å²) in [6, 6.07) is 3.56. The Labute approximate surface area is 107 Å². The van der Waals surface area contributed by atoms with E-state index < -0.39 is 15.8 Å². The monoisotopic (exact) mass is 275 g/mol. The van der Waals surface area contributed by atoms with Gasteiger partial charge in [0.15, 0.2) is 0 Å². The van der Waals surface area contributed by atoms with E-state index in [1.165, 1.54) is 12.1 Å². The van der Waals surface area contributed by atoms with Crippen molar-refractivity contribution in [2.24, 2.45) is 5.14 Å². The Morgan fingerprint density at radius 2 is 2.00 bits per heavy atom. The molecular formula is C11H18FN3O2S. The summed E-state index contributed by atoms with van der Waals surface area (Å²) in [7, 11) is -3.85. The Bertz CT molecular complexity index is 491. The van der Waals surface area contributed by atoms with E-state index in [2.05, 4.69) is 17.6 Å². The Morgan fingerprint density at radius 1 is 1.28 bits per heavy atom. The van der Waals surface area contributed by atoms with Crippen LogP contribution in [0.15, 0.2) is 23.1 Å². The average Bonchev–Trinajstić information content (AvgIpc) is 2.29. The third-order valence-electron chi connectivity index (χ3n) is 2.31. The molecule has 0 amide bonds. The molecule has 0 spiro atoms. The second kappa shape index (κ2) is 6.67. The molecule has 0 aliphatic heterocycles. The smallest absolute Gasteiger partial charge is 0.238 e. The predicted octanol–water partition coefficient (Wildman–Crippen LogP) is 0.885. The second-order valence-electron chi connectivity index (χ2n) is 3.86. The Hall–Kier alpha value is -1.18. The molecule has 0 saturated carbocycles. The van der Waals surface area contributed by atoms with Crippen molar-refractivity contribution in [2.45, 2.75) is 18.2 Å². The zero-order valence-corrected chi connectivity index (χ0v) is 11.1. The summed E-state index contributed by atoms with van der Waals surface area (Å²) in [6.07, 6.45) is 1.04. The standard InChI is InChI=1S/C11H18FN3O2S/c1-2-5-14-6-7-15-11-4-3-9(8-10(11)12)18(13,16)17/h3-4,8,14-15H,2,5-7H2,1H3,(H2,13,16,17). The molecular weight excluding hydrogens is 257 g/mol. The first-order valence-corrected chi connectivity index (χ1v) is 7.26. The van der Waals surface area contributed by atoms with E-state index in [9.17, 15) is 12.8 Å². The van der Waals surface area contributed by atoms with Crippen LogP contribution in [0.1, 0.15) is 13.3 Å². The first-order chi connectivity index (χ1) is 8.45. The van der Waals surface area contributed by atoms with Gasteiger partial charge in [0, 0.05) is 13.1 Å². The summed E-state index contributed by atoms with van der Waals surface area (Å²) in [4.78, 5) is -0.227. The fourth-order valence-electron chi connectivity index (χ4n) is 1.40. The molecule has 1 rings (SSSR count). The number of sulfonamides is 1. The molecule has 5 nitrogen and oxygen atoms in total. The van der Waals surface area contributed by atoms with Crippen molar-refractivity contribution in [3.63, 3.8) is 0 Å². The number of benzene rings is 1. The van der Waals surface area contributed by atoms with Crippen LogP contribution in [0.25, 0.3) is 0 Å². The summed E-state index contributed by atoms with van der Waals surface area (Å²) >= 11 is 0. The van der Waals surface area contributed by atoms with Gasteiger partial charge in [-0.05, 0) is 31.2 Å². The minimum absolute atomic E-state index is 0.227. The molecule has 1 aromatic rings. The summed E-state index contributed by atoms with van der Waals surface area (Å²) in [5, 5.41) is 10.9. The molecule has 0 aromatic heterocycles. The van der Waals surface area contributed by atoms with Crippen LogP contribution in [-0.2, 0) is 10.0 Å². The van der Waals surface area contributed by atoms with Crippen molar-refractivity contribution < 1.29 is 12.8 Å². The van der Waals surface area contributed by atoms with Crippen molar-refractivity contribution in [3.05, 3.63) is 24.0 Å². The zero-order valence-electron chi connectivity index (χ0n) is 10.2. The highest BCUT2D eigenvalue weighted by Crippen LogP contribution is 2.17. The highest BCUT2D eigenvalue weighted by Gasteiger charge is 2.10. The predicted molar refractivity (Wildman–Crippen MR) is 69.4 cm³/mol. The quantitative estimate of drug-likeness (QED) is 0.645. The summed E-state index contributed by atoms with van der Waals surface area (Å²) in [5.74, 6) is -0.628. The molecule has 0 bridgehead atoms. The number of nitrogens with two attached hydrogens (primary N) is 1. The molecule has 0 unspecified atom stereocenters. The van der Waals surface area contributed by atoms with Gasteiger partial charge in [-0.15, -0.1) is 0 Å². The van der Waals surface area contributed by atoms with E-state index >= 15 is 0 Å². The second-order valence-corrected chi connectivity index (χ2v) is 5.42. The normalized spacial score (nSPS) is 11.5. The summed E-state index contributed by atoms with van der Waals surface area (Å²) < 4.78 is 35.6. The maximum atomic E-state index is 13.6. The van der Waals surface area contributed by atoms with Gasteiger partial charge in [0.25, 0.3) is 0 Å². The lowest BCUT2D eigenvalue weighted by Crippen LogP contribution is -2.23. The van der Waals surface area contributed by atoms with Crippen LogP contribution in [0.2, 0.25) is 0 Å². The van der Waals surface area contributed by atoms with Gasteiger partial charge in [0.2, 0.25) is 10.0 Å². The van der Waals surface area contributed by atoms with E-state index in [-0.39, 0.29) is 10.6 Å². The third kappa shape index (κ3) is 4.59. The van der Waals surface area contributed by atoms with Gasteiger partial charge >= 0.3 is 0 Å². The minimum atomic E-state index is -3.85. The van der Waals surface area contributed by atoms with Crippen LogP contribution in [-0.4, -0.2) is 28.1 Å². The van der Waals surface area contributed by atoms with Gasteiger partial charge in [0.1, 0.15) is 5.82 Å². The summed E-state index contributed by atoms with van der Waals surface area (Å²) in [5.41, 5.74) is 0.265. The van der Waals surface area contributed by atoms with Gasteiger partial charge in [-0.2, -0.15) is 0 Å². The number of rotatable bonds is 7. The van der Waals surface area contributed by atoms with Crippen molar-refractivity contribution in [3.8, 4) is 0 Å². The maximum Gasteiger partial charge on any atom is 0.238 e. The number of nitrogens with one attached hydrogen (secondary N) is 2. The molecule has 0 fully saturated rings. The van der Waals surface area contributed by atoms with Gasteiger partial charge in [0.05, 0.1) is 10.6 Å². The molecule has 18 heavy (non-hydrogen) atoms. The van der Waals surface area contributed by atoms with Crippen LogP contribution in [0.4, 0.5) is 10.1 Å². The maximum absolute atomic E-state index is 13.6. The van der Waals surface area contributed by atoms with Gasteiger partial charge < -0.3 is 10.6 Å². The lowest BCUT2D eigenvalue weighted by molar-refractivity contribution is 0.592. The van der Waals surface area contributed by atoms with Crippen LogP contribution in [0.3, 0.4) is 0 Å². The van der Waals surface area contributed by atoms with Gasteiger partial charge in [-0.1, -0.05) is 6.92 Å². The first kappa shape index (κ1) is 14.9. The fraction of sp³-hybridized carbons (Fsp3) is 0.455. The van der Waals surface area contributed by atoms with Crippen molar-refractivity contribution in [1.29, 1.82) is 0 Å². The molecule has 4 N–H and O–H groups in total. The van der Waals surface area contributed by atoms with Crippen molar-refractivity contribution >= 4 is 15.7 Å². The molecule has 0 saturated heterocycles. The van der Waals surface area contributed by atoms with E-state index in [1.807, 2.05) is 0 Å². The van der Waals surface area contributed by atoms with Crippen molar-refractivity contribution in [1.82, 2.24) is 5.32 Å². The van der Waals surface area contributed by atoms with Crippen molar-refractivity contribution in [2.75, 3.05) is 25.0 Å². The van der Waals surface area contributed by atoms with Crippen LogP contribution >= 0.6 is 0 Å². The summed E-state index contributed by atoms with van der Waals surface area (Å²) in [6.45, 7) is 4.25. The lowest BCUT2D eigenvalue weighted by Gasteiger charge is -2.09. The topological polar surface area (TPSA) is 84.2 Å². The van der Waals surface area contributed by atoms with E-state index in [0.29, 0.717) is 13.1 Å². The number of hydrogen-bond donors (Lipinski definition) is 3. The fourth-order valence-corrected chi connectivity index (χ4v) is 1.93. The van der Waals surface area contributed by atoms with Crippen LogP contribution in [0, 0.1) is 5.82 Å². The zero-order chi connectivity index (χ0) is 13.6. The third-order valence-corrected chi connectivity index (χ3v) is 3.22. The Balaban J connectivity index is 2.58. The molecule has 102 valence electrons. The molecule has 0 aliphatic carbocycles. The van der Waals surface area contributed by atoms with Gasteiger partial charge in [-0.25, -0.2) is 17.9 Å². The molecule has 0 heterocycles. The number of hydrogen-bond acceptors (Lipinski definition) is 4. The molecule has 0 atom stereocenters. The molecule has 1 aromatic carbocycles. The van der Waals surface area contributed by atoms with Crippen LogP contribution < -0.4 is 15.8 Å². The molecule has 0 aliphatic rings. The Morgan fingerprint density at radius 3 is 2.56 bits per heavy atom. The first-order valence-electron chi connectivity index (χ1n) is 5.72. The van der Waals surface area contributed by atoms with Gasteiger partial charge in [-0.3, -0.25) is 0 Å². The number of halogens is 1. The van der Waals surface area contributed by atoms with E-state index in [1.54, 1.807) is 0 Å². The SMILES string of the molecule is CCCNCCNc1ccc(S(N)(=O)=O)cc1F. The molecule has 7 heteroatoms.